The fourth-order valence-electron chi connectivity index (χ4n) is 3.59. The molecule has 1 atom stereocenters. The van der Waals surface area contributed by atoms with E-state index in [0.717, 1.165) is 27.7 Å². The standard InChI is InChI=1S/C22H26N2O5S2/c1-16-10-11-24(18-6-3-4-7-21(18)30-16)22(25)15-23(2)31(26,27)17-8-9-19-20(14-17)29-13-5-12-28-19/h3-4,6-9,14,16H,5,10-13,15H2,1-2H3/t16-/m0/s1. The number of sulfonamides is 1. The van der Waals surface area contributed by atoms with Crippen LogP contribution in [-0.2, 0) is 14.8 Å². The van der Waals surface area contributed by atoms with Gasteiger partial charge in [-0.2, -0.15) is 4.31 Å². The Morgan fingerprint density at radius 3 is 2.71 bits per heavy atom. The zero-order valence-corrected chi connectivity index (χ0v) is 19.2. The van der Waals surface area contributed by atoms with Gasteiger partial charge in [0.15, 0.2) is 11.5 Å². The number of para-hydroxylation sites is 1. The smallest absolute Gasteiger partial charge is 0.243 e. The maximum absolute atomic E-state index is 13.2. The van der Waals surface area contributed by atoms with Gasteiger partial charge in [-0.1, -0.05) is 19.1 Å². The summed E-state index contributed by atoms with van der Waals surface area (Å²) in [6, 6.07) is 12.3. The first kappa shape index (κ1) is 22.0. The van der Waals surface area contributed by atoms with Gasteiger partial charge < -0.3 is 14.4 Å². The van der Waals surface area contributed by atoms with Crippen LogP contribution in [-0.4, -0.2) is 57.2 Å². The summed E-state index contributed by atoms with van der Waals surface area (Å²) in [4.78, 5) is 16.0. The van der Waals surface area contributed by atoms with E-state index in [2.05, 4.69) is 6.92 Å². The zero-order valence-electron chi connectivity index (χ0n) is 17.6. The molecule has 2 aromatic rings. The lowest BCUT2D eigenvalue weighted by molar-refractivity contribution is -0.118. The van der Waals surface area contributed by atoms with Gasteiger partial charge in [-0.3, -0.25) is 4.79 Å². The number of benzene rings is 2. The van der Waals surface area contributed by atoms with E-state index in [1.807, 2.05) is 24.3 Å². The lowest BCUT2D eigenvalue weighted by Crippen LogP contribution is -2.41. The molecule has 2 aliphatic rings. The number of rotatable bonds is 4. The largest absolute Gasteiger partial charge is 0.490 e. The normalized spacial score (nSPS) is 18.8. The van der Waals surface area contributed by atoms with Gasteiger partial charge in [-0.25, -0.2) is 8.42 Å². The Morgan fingerprint density at radius 2 is 1.90 bits per heavy atom. The minimum atomic E-state index is -3.87. The molecule has 166 valence electrons. The molecular formula is C22H26N2O5S2. The topological polar surface area (TPSA) is 76.2 Å². The van der Waals surface area contributed by atoms with Crippen molar-refractivity contribution in [3.63, 3.8) is 0 Å². The lowest BCUT2D eigenvalue weighted by atomic mass is 10.2. The fourth-order valence-corrected chi connectivity index (χ4v) is 5.84. The zero-order chi connectivity index (χ0) is 22.0. The Labute approximate surface area is 187 Å². The second kappa shape index (κ2) is 9.10. The number of fused-ring (bicyclic) bond motifs is 2. The van der Waals surface area contributed by atoms with E-state index in [-0.39, 0.29) is 17.3 Å². The Kier molecular flexibility index (Phi) is 6.45. The average Bonchev–Trinajstić information content (AvgIpc) is 3.08. The van der Waals surface area contributed by atoms with Crippen molar-refractivity contribution in [2.45, 2.75) is 34.8 Å². The fraction of sp³-hybridized carbons (Fsp3) is 0.409. The van der Waals surface area contributed by atoms with Crippen LogP contribution in [0, 0.1) is 0 Å². The summed E-state index contributed by atoms with van der Waals surface area (Å²) >= 11 is 1.74. The summed E-state index contributed by atoms with van der Waals surface area (Å²) in [6.07, 6.45) is 1.57. The third kappa shape index (κ3) is 4.68. The Hall–Kier alpha value is -2.23. The van der Waals surface area contributed by atoms with Crippen molar-refractivity contribution in [1.82, 2.24) is 4.31 Å². The van der Waals surface area contributed by atoms with Gasteiger partial charge in [0.05, 0.1) is 30.3 Å². The Morgan fingerprint density at radius 1 is 1.16 bits per heavy atom. The summed E-state index contributed by atoms with van der Waals surface area (Å²) in [5, 5.41) is 0.377. The van der Waals surface area contributed by atoms with Crippen LogP contribution >= 0.6 is 11.8 Å². The second-order valence-electron chi connectivity index (χ2n) is 7.65. The summed E-state index contributed by atoms with van der Waals surface area (Å²) in [7, 11) is -2.44. The highest BCUT2D eigenvalue weighted by atomic mass is 32.2. The number of anilines is 1. The van der Waals surface area contributed by atoms with Crippen LogP contribution in [0.2, 0.25) is 0 Å². The lowest BCUT2D eigenvalue weighted by Gasteiger charge is -2.25. The summed E-state index contributed by atoms with van der Waals surface area (Å²) in [5.74, 6) is 0.691. The van der Waals surface area contributed by atoms with Crippen LogP contribution in [0.3, 0.4) is 0 Å². The van der Waals surface area contributed by atoms with Crippen molar-refractivity contribution in [3.8, 4) is 11.5 Å². The van der Waals surface area contributed by atoms with Gasteiger partial charge in [-0.05, 0) is 30.7 Å². The Balaban J connectivity index is 1.54. The minimum absolute atomic E-state index is 0.0764. The van der Waals surface area contributed by atoms with Gasteiger partial charge in [0, 0.05) is 36.2 Å². The SMILES string of the molecule is C[C@H]1CCN(C(=O)CN(C)S(=O)(=O)c2ccc3c(c2)OCCCO3)c2ccccc2S1. The first-order valence-electron chi connectivity index (χ1n) is 10.3. The molecule has 2 aromatic carbocycles. The number of hydrogen-bond acceptors (Lipinski definition) is 6. The molecular weight excluding hydrogens is 436 g/mol. The van der Waals surface area contributed by atoms with Crippen LogP contribution in [0.25, 0.3) is 0 Å². The van der Waals surface area contributed by atoms with Crippen molar-refractivity contribution in [2.75, 3.05) is 38.3 Å². The molecule has 0 fully saturated rings. The monoisotopic (exact) mass is 462 g/mol. The minimum Gasteiger partial charge on any atom is -0.490 e. The number of carbonyl (C=O) groups excluding carboxylic acids is 1. The van der Waals surface area contributed by atoms with Crippen molar-refractivity contribution >= 4 is 33.4 Å². The maximum atomic E-state index is 13.2. The number of carbonyl (C=O) groups is 1. The predicted molar refractivity (Wildman–Crippen MR) is 121 cm³/mol. The first-order chi connectivity index (χ1) is 14.9. The molecule has 0 spiro atoms. The molecule has 7 nitrogen and oxygen atoms in total. The van der Waals surface area contributed by atoms with E-state index in [9.17, 15) is 13.2 Å². The van der Waals surface area contributed by atoms with Crippen molar-refractivity contribution in [3.05, 3.63) is 42.5 Å². The van der Waals surface area contributed by atoms with Crippen molar-refractivity contribution in [2.24, 2.45) is 0 Å². The Bertz CT molecular complexity index is 1070. The first-order valence-corrected chi connectivity index (χ1v) is 12.6. The van der Waals surface area contributed by atoms with Crippen LogP contribution in [0.1, 0.15) is 19.8 Å². The van der Waals surface area contributed by atoms with E-state index < -0.39 is 10.0 Å². The van der Waals surface area contributed by atoms with E-state index in [4.69, 9.17) is 9.47 Å². The number of amides is 1. The molecule has 1 amide bonds. The molecule has 0 radical (unpaired) electrons. The molecule has 0 aliphatic carbocycles. The third-order valence-electron chi connectivity index (χ3n) is 5.33. The van der Waals surface area contributed by atoms with Crippen LogP contribution in [0.5, 0.6) is 11.5 Å². The second-order valence-corrected chi connectivity index (χ2v) is 11.2. The highest BCUT2D eigenvalue weighted by molar-refractivity contribution is 8.00. The average molecular weight is 463 g/mol. The number of thioether (sulfide) groups is 1. The molecule has 9 heteroatoms. The molecule has 0 bridgehead atoms. The van der Waals surface area contributed by atoms with Crippen LogP contribution < -0.4 is 14.4 Å². The van der Waals surface area contributed by atoms with Crippen molar-refractivity contribution in [1.29, 1.82) is 0 Å². The predicted octanol–water partition coefficient (Wildman–Crippen LogP) is 3.39. The molecule has 0 saturated carbocycles. The van der Waals surface area contributed by atoms with Crippen molar-refractivity contribution < 1.29 is 22.7 Å². The van der Waals surface area contributed by atoms with Gasteiger partial charge >= 0.3 is 0 Å². The third-order valence-corrected chi connectivity index (χ3v) is 8.37. The molecule has 0 unspecified atom stereocenters. The van der Waals surface area contributed by atoms with Gasteiger partial charge in [-0.15, -0.1) is 11.8 Å². The van der Waals surface area contributed by atoms with Gasteiger partial charge in [0.2, 0.25) is 15.9 Å². The highest BCUT2D eigenvalue weighted by Crippen LogP contribution is 2.37. The molecule has 2 aliphatic heterocycles. The summed E-state index contributed by atoms with van der Waals surface area (Å²) in [6.45, 7) is 3.44. The van der Waals surface area contributed by atoms with Gasteiger partial charge in [0.1, 0.15) is 0 Å². The van der Waals surface area contributed by atoms with Crippen LogP contribution in [0.4, 0.5) is 5.69 Å². The summed E-state index contributed by atoms with van der Waals surface area (Å²) in [5.41, 5.74) is 0.836. The maximum Gasteiger partial charge on any atom is 0.243 e. The molecule has 31 heavy (non-hydrogen) atoms. The number of likely N-dealkylation sites (N-methyl/N-ethyl adjacent to an activating group) is 1. The van der Waals surface area contributed by atoms with E-state index in [1.54, 1.807) is 22.7 Å². The summed E-state index contributed by atoms with van der Waals surface area (Å²) < 4.78 is 38.6. The number of nitrogens with zero attached hydrogens (tertiary/aromatic N) is 2. The number of hydrogen-bond donors (Lipinski definition) is 0. The van der Waals surface area contributed by atoms with E-state index in [1.165, 1.54) is 19.2 Å². The molecule has 0 N–H and O–H groups in total. The molecule has 0 saturated heterocycles. The highest BCUT2D eigenvalue weighted by Gasteiger charge is 2.29. The van der Waals surface area contributed by atoms with E-state index >= 15 is 0 Å². The van der Waals surface area contributed by atoms with Gasteiger partial charge in [0.25, 0.3) is 0 Å². The van der Waals surface area contributed by atoms with Crippen LogP contribution in [0.15, 0.2) is 52.3 Å². The molecule has 2 heterocycles. The quantitative estimate of drug-likeness (QED) is 0.693. The molecule has 0 aromatic heterocycles. The van der Waals surface area contributed by atoms with E-state index in [0.29, 0.717) is 36.5 Å². The number of ether oxygens (including phenoxy) is 2. The molecule has 4 rings (SSSR count).